The van der Waals surface area contributed by atoms with E-state index in [-0.39, 0.29) is 0 Å². The smallest absolute Gasteiger partial charge is 0.0605 e. The quantitative estimate of drug-likeness (QED) is 0.705. The Balaban J connectivity index is 1.46. The Labute approximate surface area is 137 Å². The molecule has 1 saturated carbocycles. The van der Waals surface area contributed by atoms with E-state index in [1.165, 1.54) is 45.6 Å². The molecule has 0 amide bonds. The van der Waals surface area contributed by atoms with Gasteiger partial charge in [0, 0.05) is 45.3 Å². The zero-order valence-corrected chi connectivity index (χ0v) is 15.2. The van der Waals surface area contributed by atoms with Crippen LogP contribution in [0.5, 0.6) is 0 Å². The van der Waals surface area contributed by atoms with E-state index in [2.05, 4.69) is 42.8 Å². The molecule has 0 aromatic heterocycles. The third-order valence-corrected chi connectivity index (χ3v) is 4.76. The Morgan fingerprint density at radius 3 is 2.18 bits per heavy atom. The predicted molar refractivity (Wildman–Crippen MR) is 93.3 cm³/mol. The van der Waals surface area contributed by atoms with Gasteiger partial charge in [-0.3, -0.25) is 4.90 Å². The van der Waals surface area contributed by atoms with Crippen molar-refractivity contribution in [2.75, 3.05) is 52.4 Å². The Morgan fingerprint density at radius 2 is 1.59 bits per heavy atom. The molecular weight excluding hydrogens is 274 g/mol. The highest BCUT2D eigenvalue weighted by Gasteiger charge is 2.29. The summed E-state index contributed by atoms with van der Waals surface area (Å²) in [6, 6.07) is 0.701. The number of nitrogens with one attached hydrogen (secondary N) is 1. The van der Waals surface area contributed by atoms with Gasteiger partial charge in [-0.2, -0.15) is 0 Å². The molecule has 0 radical (unpaired) electrons. The molecule has 1 aliphatic heterocycles. The molecular formula is C18H37N3O. The lowest BCUT2D eigenvalue weighted by molar-refractivity contribution is -0.0283. The molecule has 0 unspecified atom stereocenters. The largest absolute Gasteiger partial charge is 0.377 e. The lowest BCUT2D eigenvalue weighted by atomic mass is 9.89. The van der Waals surface area contributed by atoms with Crippen molar-refractivity contribution < 1.29 is 4.74 Å². The highest BCUT2D eigenvalue weighted by molar-refractivity contribution is 4.86. The Hall–Kier alpha value is -0.160. The van der Waals surface area contributed by atoms with E-state index in [4.69, 9.17) is 4.74 Å². The Kier molecular flexibility index (Phi) is 7.61. The van der Waals surface area contributed by atoms with Crippen LogP contribution in [0, 0.1) is 11.8 Å². The minimum atomic E-state index is 0.506. The molecule has 0 aromatic rings. The van der Waals surface area contributed by atoms with E-state index in [1.807, 2.05) is 0 Å². The van der Waals surface area contributed by atoms with Crippen LogP contribution in [0.4, 0.5) is 0 Å². The van der Waals surface area contributed by atoms with Crippen molar-refractivity contribution in [3.8, 4) is 0 Å². The van der Waals surface area contributed by atoms with Crippen molar-refractivity contribution in [1.29, 1.82) is 0 Å². The fourth-order valence-electron chi connectivity index (χ4n) is 3.33. The molecule has 4 nitrogen and oxygen atoms in total. The monoisotopic (exact) mass is 311 g/mol. The van der Waals surface area contributed by atoms with Crippen molar-refractivity contribution >= 4 is 0 Å². The first kappa shape index (κ1) is 18.2. The first-order valence-electron chi connectivity index (χ1n) is 9.32. The maximum Gasteiger partial charge on any atom is 0.0605 e. The van der Waals surface area contributed by atoms with Crippen LogP contribution in [0.3, 0.4) is 0 Å². The van der Waals surface area contributed by atoms with Crippen LogP contribution < -0.4 is 5.32 Å². The number of hydrogen-bond donors (Lipinski definition) is 1. The number of piperazine rings is 1. The molecule has 1 aliphatic carbocycles. The molecule has 0 bridgehead atoms. The number of ether oxygens (including phenoxy) is 1. The van der Waals surface area contributed by atoms with Crippen LogP contribution >= 0.6 is 0 Å². The first-order valence-corrected chi connectivity index (χ1v) is 9.32. The van der Waals surface area contributed by atoms with Crippen molar-refractivity contribution in [1.82, 2.24) is 15.1 Å². The van der Waals surface area contributed by atoms with Gasteiger partial charge in [-0.25, -0.2) is 0 Å². The summed E-state index contributed by atoms with van der Waals surface area (Å²) >= 11 is 0. The van der Waals surface area contributed by atoms with E-state index < -0.39 is 0 Å². The van der Waals surface area contributed by atoms with Gasteiger partial charge in [0.05, 0.1) is 12.7 Å². The molecule has 0 atom stereocenters. The van der Waals surface area contributed by atoms with E-state index >= 15 is 0 Å². The molecule has 0 aromatic carbocycles. The van der Waals surface area contributed by atoms with Gasteiger partial charge in [0.25, 0.3) is 0 Å². The van der Waals surface area contributed by atoms with Crippen LogP contribution in [0.25, 0.3) is 0 Å². The van der Waals surface area contributed by atoms with Crippen molar-refractivity contribution in [3.63, 3.8) is 0 Å². The third-order valence-electron chi connectivity index (χ3n) is 4.76. The molecule has 1 heterocycles. The summed E-state index contributed by atoms with van der Waals surface area (Å²) < 4.78 is 6.01. The van der Waals surface area contributed by atoms with Crippen LogP contribution in [-0.4, -0.2) is 74.4 Å². The SMILES string of the molecule is CC(C)CN[C@H]1C[C@H](OCCN2CCN(CC(C)C)CC2)C1. The van der Waals surface area contributed by atoms with Gasteiger partial charge in [0.2, 0.25) is 0 Å². The van der Waals surface area contributed by atoms with Crippen LogP contribution in [-0.2, 0) is 4.74 Å². The average Bonchev–Trinajstić information content (AvgIpc) is 2.41. The zero-order valence-electron chi connectivity index (χ0n) is 15.2. The second-order valence-electron chi connectivity index (χ2n) is 8.00. The van der Waals surface area contributed by atoms with Crippen LogP contribution in [0.1, 0.15) is 40.5 Å². The summed E-state index contributed by atoms with van der Waals surface area (Å²) in [5, 5.41) is 3.61. The summed E-state index contributed by atoms with van der Waals surface area (Å²) in [4.78, 5) is 5.16. The van der Waals surface area contributed by atoms with E-state index in [9.17, 15) is 0 Å². The van der Waals surface area contributed by atoms with Gasteiger partial charge in [-0.1, -0.05) is 27.7 Å². The van der Waals surface area contributed by atoms with Gasteiger partial charge in [0.1, 0.15) is 0 Å². The second kappa shape index (κ2) is 9.21. The molecule has 1 N–H and O–H groups in total. The van der Waals surface area contributed by atoms with Gasteiger partial charge < -0.3 is 15.0 Å². The molecule has 2 aliphatic rings. The van der Waals surface area contributed by atoms with Gasteiger partial charge in [-0.15, -0.1) is 0 Å². The summed E-state index contributed by atoms with van der Waals surface area (Å²) in [6.07, 6.45) is 2.91. The molecule has 1 saturated heterocycles. The minimum absolute atomic E-state index is 0.506. The lowest BCUT2D eigenvalue weighted by Gasteiger charge is -2.38. The lowest BCUT2D eigenvalue weighted by Crippen LogP contribution is -2.49. The first-order chi connectivity index (χ1) is 10.5. The van der Waals surface area contributed by atoms with Crippen LogP contribution in [0.2, 0.25) is 0 Å². The highest BCUT2D eigenvalue weighted by Crippen LogP contribution is 2.23. The van der Waals surface area contributed by atoms with Gasteiger partial charge >= 0.3 is 0 Å². The van der Waals surface area contributed by atoms with Crippen molar-refractivity contribution in [2.45, 2.75) is 52.7 Å². The van der Waals surface area contributed by atoms with E-state index in [0.717, 1.165) is 31.5 Å². The number of rotatable bonds is 9. The van der Waals surface area contributed by atoms with Crippen molar-refractivity contribution in [2.24, 2.45) is 11.8 Å². The highest BCUT2D eigenvalue weighted by atomic mass is 16.5. The maximum atomic E-state index is 6.01. The second-order valence-corrected chi connectivity index (χ2v) is 8.00. The summed E-state index contributed by atoms with van der Waals surface area (Å²) in [5.74, 6) is 1.53. The Morgan fingerprint density at radius 1 is 0.955 bits per heavy atom. The Bertz CT molecular complexity index is 295. The average molecular weight is 312 g/mol. The zero-order chi connectivity index (χ0) is 15.9. The van der Waals surface area contributed by atoms with Gasteiger partial charge in [-0.05, 0) is 31.2 Å². The van der Waals surface area contributed by atoms with E-state index in [0.29, 0.717) is 12.1 Å². The molecule has 22 heavy (non-hydrogen) atoms. The van der Waals surface area contributed by atoms with Crippen molar-refractivity contribution in [3.05, 3.63) is 0 Å². The molecule has 0 spiro atoms. The number of hydrogen-bond acceptors (Lipinski definition) is 4. The normalized spacial score (nSPS) is 27.5. The molecule has 130 valence electrons. The molecule has 2 fully saturated rings. The fraction of sp³-hybridized carbons (Fsp3) is 1.00. The van der Waals surface area contributed by atoms with Crippen LogP contribution in [0.15, 0.2) is 0 Å². The standard InChI is InChI=1S/C18H37N3O/c1-15(2)13-19-17-11-18(12-17)22-10-9-20-5-7-21(8-6-20)14-16(3)4/h15-19H,5-14H2,1-4H3/t17-,18-. The predicted octanol–water partition coefficient (Wildman–Crippen LogP) is 2.05. The third kappa shape index (κ3) is 6.53. The number of nitrogens with zero attached hydrogens (tertiary/aromatic N) is 2. The fourth-order valence-corrected chi connectivity index (χ4v) is 3.33. The molecule has 4 heteroatoms. The minimum Gasteiger partial charge on any atom is -0.377 e. The summed E-state index contributed by atoms with van der Waals surface area (Å²) in [7, 11) is 0. The molecule has 2 rings (SSSR count). The summed E-state index contributed by atoms with van der Waals surface area (Å²) in [5.41, 5.74) is 0. The maximum absolute atomic E-state index is 6.01. The van der Waals surface area contributed by atoms with E-state index in [1.54, 1.807) is 0 Å². The topological polar surface area (TPSA) is 27.7 Å². The summed E-state index contributed by atoms with van der Waals surface area (Å²) in [6.45, 7) is 18.4. The van der Waals surface area contributed by atoms with Gasteiger partial charge in [0.15, 0.2) is 0 Å².